The van der Waals surface area contributed by atoms with Crippen LogP contribution in [0.25, 0.3) is 0 Å². The van der Waals surface area contributed by atoms with Gasteiger partial charge in [0.2, 0.25) is 17.7 Å². The second-order valence-corrected chi connectivity index (χ2v) is 6.75. The van der Waals surface area contributed by atoms with Gasteiger partial charge < -0.3 is 4.90 Å². The highest BCUT2D eigenvalue weighted by Gasteiger charge is 2.53. The van der Waals surface area contributed by atoms with Crippen LogP contribution < -0.4 is 0 Å². The third kappa shape index (κ3) is 3.31. The lowest BCUT2D eigenvalue weighted by Gasteiger charge is -2.29. The van der Waals surface area contributed by atoms with Gasteiger partial charge in [0.1, 0.15) is 0 Å². The zero-order valence-corrected chi connectivity index (χ0v) is 15.1. The fourth-order valence-electron chi connectivity index (χ4n) is 3.09. The van der Waals surface area contributed by atoms with E-state index in [9.17, 15) is 14.4 Å². The van der Waals surface area contributed by atoms with Crippen molar-refractivity contribution in [3.05, 3.63) is 34.9 Å². The summed E-state index contributed by atoms with van der Waals surface area (Å²) >= 11 is 6.29. The highest BCUT2D eigenvalue weighted by atomic mass is 35.5. The lowest BCUT2D eigenvalue weighted by molar-refractivity contribution is -0.141. The molecule has 0 aliphatic carbocycles. The van der Waals surface area contributed by atoms with Crippen molar-refractivity contribution in [2.75, 3.05) is 20.6 Å². The topological polar surface area (TPSA) is 57.7 Å². The van der Waals surface area contributed by atoms with Gasteiger partial charge in [0, 0.05) is 38.5 Å². The Labute approximate surface area is 147 Å². The van der Waals surface area contributed by atoms with Gasteiger partial charge in [-0.25, -0.2) is 0 Å². The molecule has 1 aliphatic heterocycles. The number of likely N-dealkylation sites (N-methyl/N-ethyl adjacent to an activating group) is 1. The summed E-state index contributed by atoms with van der Waals surface area (Å²) in [4.78, 5) is 40.4. The van der Waals surface area contributed by atoms with Crippen molar-refractivity contribution < 1.29 is 14.4 Å². The Morgan fingerprint density at radius 2 is 2.00 bits per heavy atom. The molecule has 1 aromatic carbocycles. The number of likely N-dealkylation sites (tertiary alicyclic amines) is 1. The Morgan fingerprint density at radius 1 is 1.33 bits per heavy atom. The maximum atomic E-state index is 12.8. The number of imide groups is 1. The molecule has 0 radical (unpaired) electrons. The lowest BCUT2D eigenvalue weighted by atomic mass is 9.75. The Kier molecular flexibility index (Phi) is 5.65. The standard InChI is InChI=1S/C18H23ClN2O3/c1-4-5-10-20(2)15(22)11-18(12-16(23)21(3)17(18)24)13-8-6-7-9-14(13)19/h6-9H,4-5,10-12H2,1-3H3/t18-/m1/s1. The van der Waals surface area contributed by atoms with Gasteiger partial charge >= 0.3 is 0 Å². The molecule has 130 valence electrons. The van der Waals surface area contributed by atoms with Crippen molar-refractivity contribution in [3.63, 3.8) is 0 Å². The molecule has 0 spiro atoms. The number of nitrogens with zero attached hydrogens (tertiary/aromatic N) is 2. The first kappa shape index (κ1) is 18.5. The van der Waals surface area contributed by atoms with Crippen LogP contribution >= 0.6 is 11.6 Å². The van der Waals surface area contributed by atoms with E-state index in [-0.39, 0.29) is 30.6 Å². The summed E-state index contributed by atoms with van der Waals surface area (Å²) in [6.07, 6.45) is 1.80. The second-order valence-electron chi connectivity index (χ2n) is 6.34. The van der Waals surface area contributed by atoms with Crippen molar-refractivity contribution in [1.29, 1.82) is 0 Å². The Hall–Kier alpha value is -1.88. The van der Waals surface area contributed by atoms with Crippen LogP contribution in [0.1, 0.15) is 38.2 Å². The van der Waals surface area contributed by atoms with E-state index in [1.54, 1.807) is 36.2 Å². The molecule has 1 fully saturated rings. The van der Waals surface area contributed by atoms with Crippen molar-refractivity contribution in [1.82, 2.24) is 9.80 Å². The van der Waals surface area contributed by atoms with E-state index in [4.69, 9.17) is 11.6 Å². The van der Waals surface area contributed by atoms with Gasteiger partial charge in [0.05, 0.1) is 5.41 Å². The SMILES string of the molecule is CCCCN(C)C(=O)C[C@]1(c2ccccc2Cl)CC(=O)N(C)C1=O. The number of amides is 3. The summed E-state index contributed by atoms with van der Waals surface area (Å²) < 4.78 is 0. The lowest BCUT2D eigenvalue weighted by Crippen LogP contribution is -2.42. The van der Waals surface area contributed by atoms with Gasteiger partial charge in [0.15, 0.2) is 0 Å². The minimum Gasteiger partial charge on any atom is -0.346 e. The molecule has 6 heteroatoms. The monoisotopic (exact) mass is 350 g/mol. The number of hydrogen-bond donors (Lipinski definition) is 0. The summed E-state index contributed by atoms with van der Waals surface area (Å²) in [5.74, 6) is -0.804. The molecule has 2 rings (SSSR count). The van der Waals surface area contributed by atoms with Gasteiger partial charge in [-0.05, 0) is 18.1 Å². The van der Waals surface area contributed by atoms with Crippen molar-refractivity contribution >= 4 is 29.3 Å². The minimum atomic E-state index is -1.21. The zero-order valence-electron chi connectivity index (χ0n) is 14.3. The van der Waals surface area contributed by atoms with Crippen LogP contribution in [0.5, 0.6) is 0 Å². The number of rotatable bonds is 6. The molecular formula is C18H23ClN2O3. The van der Waals surface area contributed by atoms with Gasteiger partial charge in [0.25, 0.3) is 0 Å². The summed E-state index contributed by atoms with van der Waals surface area (Å²) in [7, 11) is 3.18. The summed E-state index contributed by atoms with van der Waals surface area (Å²) in [5.41, 5.74) is -0.659. The first-order chi connectivity index (χ1) is 11.3. The minimum absolute atomic E-state index is 0.0283. The molecule has 1 aromatic rings. The van der Waals surface area contributed by atoms with Crippen molar-refractivity contribution in [2.24, 2.45) is 0 Å². The number of carbonyl (C=O) groups excluding carboxylic acids is 3. The Morgan fingerprint density at radius 3 is 2.54 bits per heavy atom. The predicted octanol–water partition coefficient (Wildman–Crippen LogP) is 2.62. The molecule has 0 bridgehead atoms. The summed E-state index contributed by atoms with van der Waals surface area (Å²) in [6, 6.07) is 6.94. The molecular weight excluding hydrogens is 328 g/mol. The Bertz CT molecular complexity index is 661. The largest absolute Gasteiger partial charge is 0.346 e. The number of hydrogen-bond acceptors (Lipinski definition) is 3. The van der Waals surface area contributed by atoms with E-state index < -0.39 is 5.41 Å². The van der Waals surface area contributed by atoms with Gasteiger partial charge in [-0.1, -0.05) is 43.1 Å². The molecule has 5 nitrogen and oxygen atoms in total. The third-order valence-corrected chi connectivity index (χ3v) is 4.99. The quantitative estimate of drug-likeness (QED) is 0.741. The van der Waals surface area contributed by atoms with Crippen LogP contribution in [0, 0.1) is 0 Å². The number of benzene rings is 1. The molecule has 3 amide bonds. The highest BCUT2D eigenvalue weighted by molar-refractivity contribution is 6.32. The first-order valence-corrected chi connectivity index (χ1v) is 8.51. The molecule has 0 unspecified atom stereocenters. The van der Waals surface area contributed by atoms with E-state index >= 15 is 0 Å². The second kappa shape index (κ2) is 7.34. The van der Waals surface area contributed by atoms with Crippen LogP contribution in [0.4, 0.5) is 0 Å². The average molecular weight is 351 g/mol. The number of unbranched alkanes of at least 4 members (excludes halogenated alkanes) is 1. The molecule has 1 atom stereocenters. The summed E-state index contributed by atoms with van der Waals surface area (Å²) in [5, 5.41) is 0.401. The fraction of sp³-hybridized carbons (Fsp3) is 0.500. The maximum Gasteiger partial charge on any atom is 0.240 e. The van der Waals surface area contributed by atoms with Crippen LogP contribution in [0.3, 0.4) is 0 Å². The van der Waals surface area contributed by atoms with Crippen LogP contribution in [-0.2, 0) is 19.8 Å². The van der Waals surface area contributed by atoms with Crippen molar-refractivity contribution in [3.8, 4) is 0 Å². The van der Waals surface area contributed by atoms with Crippen molar-refractivity contribution in [2.45, 2.75) is 38.0 Å². The number of halogens is 1. The molecule has 1 aliphatic rings. The smallest absolute Gasteiger partial charge is 0.240 e. The van der Waals surface area contributed by atoms with Gasteiger partial charge in [-0.15, -0.1) is 0 Å². The summed E-state index contributed by atoms with van der Waals surface area (Å²) in [6.45, 7) is 2.68. The molecule has 0 saturated carbocycles. The van der Waals surface area contributed by atoms with E-state index in [1.807, 2.05) is 0 Å². The molecule has 1 saturated heterocycles. The molecule has 24 heavy (non-hydrogen) atoms. The first-order valence-electron chi connectivity index (χ1n) is 8.13. The van der Waals surface area contributed by atoms with Crippen LogP contribution in [0.15, 0.2) is 24.3 Å². The zero-order chi connectivity index (χ0) is 17.9. The maximum absolute atomic E-state index is 12.8. The molecule has 0 N–H and O–H groups in total. The molecule has 1 heterocycles. The van der Waals surface area contributed by atoms with E-state index in [0.29, 0.717) is 17.1 Å². The van der Waals surface area contributed by atoms with Crippen LogP contribution in [-0.4, -0.2) is 48.2 Å². The van der Waals surface area contributed by atoms with Gasteiger partial charge in [-0.3, -0.25) is 19.3 Å². The predicted molar refractivity (Wildman–Crippen MR) is 92.7 cm³/mol. The van der Waals surface area contributed by atoms with Gasteiger partial charge in [-0.2, -0.15) is 0 Å². The third-order valence-electron chi connectivity index (χ3n) is 4.66. The number of carbonyl (C=O) groups is 3. The fourth-order valence-corrected chi connectivity index (χ4v) is 3.41. The normalized spacial score (nSPS) is 20.6. The van der Waals surface area contributed by atoms with E-state index in [0.717, 1.165) is 17.7 Å². The highest BCUT2D eigenvalue weighted by Crippen LogP contribution is 2.42. The van der Waals surface area contributed by atoms with E-state index in [1.165, 1.54) is 7.05 Å². The Balaban J connectivity index is 2.39. The van der Waals surface area contributed by atoms with Crippen LogP contribution in [0.2, 0.25) is 5.02 Å². The molecule has 0 aromatic heterocycles. The van der Waals surface area contributed by atoms with E-state index in [2.05, 4.69) is 6.92 Å². The average Bonchev–Trinajstić information content (AvgIpc) is 2.77.